The average molecular weight is 248 g/mol. The minimum absolute atomic E-state index is 0.0733. The van der Waals surface area contributed by atoms with Gasteiger partial charge in [0.25, 0.3) is 0 Å². The Morgan fingerprint density at radius 1 is 1.47 bits per heavy atom. The van der Waals surface area contributed by atoms with Crippen LogP contribution in [0.3, 0.4) is 0 Å². The van der Waals surface area contributed by atoms with Gasteiger partial charge in [0.2, 0.25) is 0 Å². The molecule has 3 nitrogen and oxygen atoms in total. The Bertz CT molecular complexity index is 431. The Hall–Kier alpha value is -0.580. The van der Waals surface area contributed by atoms with E-state index in [0.29, 0.717) is 5.02 Å². The van der Waals surface area contributed by atoms with Gasteiger partial charge in [0.1, 0.15) is 0 Å². The maximum atomic E-state index is 11.9. The summed E-state index contributed by atoms with van der Waals surface area (Å²) in [5.41, 5.74) is 0. The van der Waals surface area contributed by atoms with Crippen molar-refractivity contribution in [3.05, 3.63) is 29.3 Å². The molecule has 0 heterocycles. The second kappa shape index (κ2) is 4.96. The number of hydrogen-bond donors (Lipinski definition) is 1. The van der Waals surface area contributed by atoms with E-state index in [-0.39, 0.29) is 16.7 Å². The smallest absolute Gasteiger partial charge is 0.179 e. The van der Waals surface area contributed by atoms with Crippen molar-refractivity contribution >= 4 is 21.4 Å². The number of sulfone groups is 1. The predicted octanol–water partition coefficient (Wildman–Crippen LogP) is 1.72. The largest absolute Gasteiger partial charge is 0.316 e. The highest BCUT2D eigenvalue weighted by molar-refractivity contribution is 7.91. The van der Waals surface area contributed by atoms with Crippen LogP contribution in [-0.4, -0.2) is 27.3 Å². The van der Waals surface area contributed by atoms with Gasteiger partial charge in [-0.15, -0.1) is 0 Å². The lowest BCUT2D eigenvalue weighted by atomic mass is 10.4. The van der Waals surface area contributed by atoms with Crippen molar-refractivity contribution in [3.63, 3.8) is 0 Å². The fraction of sp³-hybridized carbons (Fsp3) is 0.400. The highest BCUT2D eigenvalue weighted by Gasteiger charge is 2.17. The number of hydrogen-bond acceptors (Lipinski definition) is 3. The Morgan fingerprint density at radius 2 is 2.13 bits per heavy atom. The lowest BCUT2D eigenvalue weighted by molar-refractivity contribution is 0.578. The fourth-order valence-corrected chi connectivity index (χ4v) is 3.03. The van der Waals surface area contributed by atoms with E-state index in [2.05, 4.69) is 5.32 Å². The van der Waals surface area contributed by atoms with E-state index in [4.69, 9.17) is 11.6 Å². The third kappa shape index (κ3) is 3.48. The maximum absolute atomic E-state index is 11.9. The summed E-state index contributed by atoms with van der Waals surface area (Å²) in [5, 5.41) is 3.33. The molecule has 0 aliphatic rings. The zero-order valence-corrected chi connectivity index (χ0v) is 10.3. The van der Waals surface area contributed by atoms with Crippen molar-refractivity contribution in [1.82, 2.24) is 5.32 Å². The lowest BCUT2D eigenvalue weighted by Gasteiger charge is -2.10. The van der Waals surface area contributed by atoms with Crippen LogP contribution in [0, 0.1) is 0 Å². The number of benzene rings is 1. The first-order chi connectivity index (χ1) is 6.95. The SMILES string of the molecule is CNC(C)CS(=O)(=O)c1cccc(Cl)c1. The molecule has 1 rings (SSSR count). The molecule has 1 atom stereocenters. The van der Waals surface area contributed by atoms with Crippen LogP contribution in [0.4, 0.5) is 0 Å². The van der Waals surface area contributed by atoms with Crippen molar-refractivity contribution in [1.29, 1.82) is 0 Å². The molecule has 1 unspecified atom stereocenters. The monoisotopic (exact) mass is 247 g/mol. The van der Waals surface area contributed by atoms with E-state index in [9.17, 15) is 8.42 Å². The van der Waals surface area contributed by atoms with Gasteiger partial charge in [0.15, 0.2) is 9.84 Å². The first-order valence-corrected chi connectivity index (χ1v) is 6.64. The minimum atomic E-state index is -3.24. The third-order valence-corrected chi connectivity index (χ3v) is 4.26. The molecule has 0 fully saturated rings. The molecule has 0 amide bonds. The molecule has 0 aliphatic heterocycles. The van der Waals surface area contributed by atoms with Gasteiger partial charge in [-0.2, -0.15) is 0 Å². The molecule has 1 N–H and O–H groups in total. The van der Waals surface area contributed by atoms with Crippen molar-refractivity contribution in [3.8, 4) is 0 Å². The Morgan fingerprint density at radius 3 is 2.67 bits per heavy atom. The third-order valence-electron chi connectivity index (χ3n) is 2.12. The highest BCUT2D eigenvalue weighted by Crippen LogP contribution is 2.17. The molecule has 0 saturated heterocycles. The molecule has 0 aromatic heterocycles. The normalized spacial score (nSPS) is 13.8. The van der Waals surface area contributed by atoms with Crippen molar-refractivity contribution < 1.29 is 8.42 Å². The zero-order chi connectivity index (χ0) is 11.5. The topological polar surface area (TPSA) is 46.2 Å². The number of rotatable bonds is 4. The van der Waals surface area contributed by atoms with E-state index in [1.54, 1.807) is 25.2 Å². The molecule has 84 valence electrons. The quantitative estimate of drug-likeness (QED) is 0.881. The Balaban J connectivity index is 2.96. The van der Waals surface area contributed by atoms with E-state index in [1.165, 1.54) is 6.07 Å². The van der Waals surface area contributed by atoms with Gasteiger partial charge < -0.3 is 5.32 Å². The predicted molar refractivity (Wildman–Crippen MR) is 62.0 cm³/mol. The zero-order valence-electron chi connectivity index (χ0n) is 8.70. The fourth-order valence-electron chi connectivity index (χ4n) is 1.17. The van der Waals surface area contributed by atoms with E-state index >= 15 is 0 Å². The van der Waals surface area contributed by atoms with E-state index in [0.717, 1.165) is 0 Å². The molecular weight excluding hydrogens is 234 g/mol. The summed E-state index contributed by atoms with van der Waals surface area (Å²) in [6, 6.07) is 6.25. The molecular formula is C10H14ClNO2S. The first kappa shape index (κ1) is 12.5. The molecule has 0 radical (unpaired) electrons. The highest BCUT2D eigenvalue weighted by atomic mass is 35.5. The van der Waals surface area contributed by atoms with Crippen LogP contribution in [0.5, 0.6) is 0 Å². The van der Waals surface area contributed by atoms with Crippen molar-refractivity contribution in [2.24, 2.45) is 0 Å². The Labute approximate surface area is 95.4 Å². The average Bonchev–Trinajstić information content (AvgIpc) is 2.17. The van der Waals surface area contributed by atoms with Gasteiger partial charge >= 0.3 is 0 Å². The van der Waals surface area contributed by atoms with Gasteiger partial charge in [0, 0.05) is 11.1 Å². The van der Waals surface area contributed by atoms with E-state index in [1.807, 2.05) is 6.92 Å². The van der Waals surface area contributed by atoms with Crippen LogP contribution in [0.15, 0.2) is 29.2 Å². The molecule has 1 aromatic rings. The van der Waals surface area contributed by atoms with E-state index < -0.39 is 9.84 Å². The molecule has 0 aliphatic carbocycles. The van der Waals surface area contributed by atoms with Crippen LogP contribution in [-0.2, 0) is 9.84 Å². The molecule has 1 aromatic carbocycles. The minimum Gasteiger partial charge on any atom is -0.316 e. The Kier molecular flexibility index (Phi) is 4.13. The standard InChI is InChI=1S/C10H14ClNO2S/c1-8(12-2)7-15(13,14)10-5-3-4-9(11)6-10/h3-6,8,12H,7H2,1-2H3. The maximum Gasteiger partial charge on any atom is 0.179 e. The van der Waals surface area contributed by atoms with Crippen molar-refractivity contribution in [2.45, 2.75) is 17.9 Å². The molecule has 15 heavy (non-hydrogen) atoms. The second-order valence-corrected chi connectivity index (χ2v) is 5.90. The summed E-state index contributed by atoms with van der Waals surface area (Å²) in [7, 11) is -1.51. The first-order valence-electron chi connectivity index (χ1n) is 4.61. The summed E-state index contributed by atoms with van der Waals surface area (Å²) in [6.45, 7) is 1.82. The number of nitrogens with one attached hydrogen (secondary N) is 1. The summed E-state index contributed by atoms with van der Waals surface area (Å²) in [5.74, 6) is 0.0733. The van der Waals surface area contributed by atoms with Crippen LogP contribution >= 0.6 is 11.6 Å². The van der Waals surface area contributed by atoms with Gasteiger partial charge in [0.05, 0.1) is 10.6 Å². The van der Waals surface area contributed by atoms with Crippen LogP contribution in [0.1, 0.15) is 6.92 Å². The summed E-state index contributed by atoms with van der Waals surface area (Å²) >= 11 is 5.74. The molecule has 0 bridgehead atoms. The molecule has 5 heteroatoms. The van der Waals surface area contributed by atoms with Crippen LogP contribution < -0.4 is 5.32 Å². The molecule has 0 saturated carbocycles. The lowest BCUT2D eigenvalue weighted by Crippen LogP contribution is -2.29. The second-order valence-electron chi connectivity index (χ2n) is 3.43. The van der Waals surface area contributed by atoms with Crippen LogP contribution in [0.2, 0.25) is 5.02 Å². The van der Waals surface area contributed by atoms with Crippen molar-refractivity contribution in [2.75, 3.05) is 12.8 Å². The summed E-state index contributed by atoms with van der Waals surface area (Å²) < 4.78 is 23.7. The summed E-state index contributed by atoms with van der Waals surface area (Å²) in [4.78, 5) is 0.275. The van der Waals surface area contributed by atoms with Gasteiger partial charge in [-0.05, 0) is 32.2 Å². The number of halogens is 1. The van der Waals surface area contributed by atoms with Gasteiger partial charge in [-0.1, -0.05) is 17.7 Å². The summed E-state index contributed by atoms with van der Waals surface area (Å²) in [6.07, 6.45) is 0. The van der Waals surface area contributed by atoms with Crippen LogP contribution in [0.25, 0.3) is 0 Å². The van der Waals surface area contributed by atoms with Gasteiger partial charge in [-0.25, -0.2) is 8.42 Å². The molecule has 0 spiro atoms. The van der Waals surface area contributed by atoms with Gasteiger partial charge in [-0.3, -0.25) is 0 Å².